The number of carbonyl (C=O) groups is 1. The molecule has 0 spiro atoms. The highest BCUT2D eigenvalue weighted by Gasteiger charge is 2.15. The van der Waals surface area contributed by atoms with Crippen LogP contribution in [0.25, 0.3) is 0 Å². The Morgan fingerprint density at radius 3 is 2.78 bits per heavy atom. The number of anilines is 1. The van der Waals surface area contributed by atoms with Crippen LogP contribution in [0.5, 0.6) is 5.75 Å². The number of benzene rings is 2. The Bertz CT molecular complexity index is 731. The van der Waals surface area contributed by atoms with Gasteiger partial charge in [-0.25, -0.2) is 8.78 Å². The van der Waals surface area contributed by atoms with Gasteiger partial charge in [0.25, 0.3) is 5.91 Å². The number of amides is 1. The molecule has 0 bridgehead atoms. The largest absolute Gasteiger partial charge is 0.483 e. The average Bonchev–Trinajstić information content (AvgIpc) is 2.55. The summed E-state index contributed by atoms with van der Waals surface area (Å²) in [6.45, 7) is -0.215. The maximum absolute atomic E-state index is 13.5. The van der Waals surface area contributed by atoms with Crippen LogP contribution in [0.3, 0.4) is 0 Å². The molecule has 1 amide bonds. The maximum Gasteiger partial charge on any atom is 0.262 e. The number of ether oxygens (including phenoxy) is 1. The molecule has 3 nitrogen and oxygen atoms in total. The molecule has 0 saturated carbocycles. The van der Waals surface area contributed by atoms with Gasteiger partial charge in [-0.2, -0.15) is 0 Å². The molecule has 2 aromatic rings. The molecule has 2 aromatic carbocycles. The maximum atomic E-state index is 13.5. The lowest BCUT2D eigenvalue weighted by molar-refractivity contribution is -0.118. The van der Waals surface area contributed by atoms with Gasteiger partial charge in [0.1, 0.15) is 17.4 Å². The van der Waals surface area contributed by atoms with Crippen molar-refractivity contribution in [3.05, 3.63) is 59.2 Å². The molecule has 1 aliphatic rings. The number of rotatable bonds is 4. The fourth-order valence-electron chi connectivity index (χ4n) is 2.80. The summed E-state index contributed by atoms with van der Waals surface area (Å²) in [7, 11) is 0. The zero-order valence-corrected chi connectivity index (χ0v) is 12.6. The number of fused-ring (bicyclic) bond motifs is 1. The van der Waals surface area contributed by atoms with Crippen LogP contribution in [0.15, 0.2) is 36.4 Å². The first kappa shape index (κ1) is 15.5. The van der Waals surface area contributed by atoms with Crippen LogP contribution in [-0.4, -0.2) is 12.5 Å². The molecule has 0 heterocycles. The zero-order valence-electron chi connectivity index (χ0n) is 12.6. The number of hydrogen-bond donors (Lipinski definition) is 1. The Morgan fingerprint density at radius 2 is 1.96 bits per heavy atom. The molecule has 1 N–H and O–H groups in total. The third kappa shape index (κ3) is 3.67. The standard InChI is InChI=1S/C18H17F2NO2/c19-13-8-9-16(15(20)10-13)21-18(22)11-23-17-7-3-5-12-4-1-2-6-14(12)17/h3,5,7-10H,1-2,4,6,11H2,(H,21,22). The van der Waals surface area contributed by atoms with Gasteiger partial charge in [0.05, 0.1) is 5.69 Å². The van der Waals surface area contributed by atoms with E-state index in [0.29, 0.717) is 5.75 Å². The molecule has 0 aliphatic heterocycles. The van der Waals surface area contributed by atoms with Crippen molar-refractivity contribution in [2.45, 2.75) is 25.7 Å². The Labute approximate surface area is 133 Å². The molecule has 0 saturated heterocycles. The Hall–Kier alpha value is -2.43. The van der Waals surface area contributed by atoms with Gasteiger partial charge in [0.2, 0.25) is 0 Å². The summed E-state index contributed by atoms with van der Waals surface area (Å²) >= 11 is 0. The summed E-state index contributed by atoms with van der Waals surface area (Å²) in [6.07, 6.45) is 4.25. The van der Waals surface area contributed by atoms with Gasteiger partial charge < -0.3 is 10.1 Å². The minimum atomic E-state index is -0.810. The van der Waals surface area contributed by atoms with Crippen LogP contribution in [0.2, 0.25) is 0 Å². The van der Waals surface area contributed by atoms with Crippen molar-refractivity contribution in [1.82, 2.24) is 0 Å². The second-order valence-electron chi connectivity index (χ2n) is 5.56. The molecule has 5 heteroatoms. The Balaban J connectivity index is 1.63. The summed E-state index contributed by atoms with van der Waals surface area (Å²) < 4.78 is 31.9. The normalized spacial score (nSPS) is 13.3. The number of aryl methyl sites for hydroxylation is 1. The fourth-order valence-corrected chi connectivity index (χ4v) is 2.80. The summed E-state index contributed by atoms with van der Waals surface area (Å²) in [5.74, 6) is -1.27. The third-order valence-electron chi connectivity index (χ3n) is 3.92. The van der Waals surface area contributed by atoms with E-state index < -0.39 is 17.5 Å². The SMILES string of the molecule is O=C(COc1cccc2c1CCCC2)Nc1ccc(F)cc1F. The van der Waals surface area contributed by atoms with Crippen LogP contribution in [0.1, 0.15) is 24.0 Å². The minimum Gasteiger partial charge on any atom is -0.483 e. The van der Waals surface area contributed by atoms with Crippen LogP contribution >= 0.6 is 0 Å². The van der Waals surface area contributed by atoms with Gasteiger partial charge in [-0.05, 0) is 55.0 Å². The highest BCUT2D eigenvalue weighted by atomic mass is 19.1. The van der Waals surface area contributed by atoms with Crippen molar-refractivity contribution in [1.29, 1.82) is 0 Å². The first-order chi connectivity index (χ1) is 11.1. The summed E-state index contributed by atoms with van der Waals surface area (Å²) in [5.41, 5.74) is 2.35. The van der Waals surface area contributed by atoms with E-state index in [4.69, 9.17) is 4.74 Å². The number of nitrogens with one attached hydrogen (secondary N) is 1. The summed E-state index contributed by atoms with van der Waals surface area (Å²) in [4.78, 5) is 11.9. The van der Waals surface area contributed by atoms with Crippen molar-refractivity contribution < 1.29 is 18.3 Å². The third-order valence-corrected chi connectivity index (χ3v) is 3.92. The van der Waals surface area contributed by atoms with Crippen molar-refractivity contribution in [3.8, 4) is 5.75 Å². The molecule has 0 fully saturated rings. The number of halogens is 2. The van der Waals surface area contributed by atoms with Gasteiger partial charge in [-0.3, -0.25) is 4.79 Å². The second-order valence-corrected chi connectivity index (χ2v) is 5.56. The topological polar surface area (TPSA) is 38.3 Å². The number of hydrogen-bond acceptors (Lipinski definition) is 2. The molecule has 3 rings (SSSR count). The summed E-state index contributed by atoms with van der Waals surface area (Å²) in [5, 5.41) is 2.38. The quantitative estimate of drug-likeness (QED) is 0.930. The van der Waals surface area contributed by atoms with E-state index in [1.165, 1.54) is 18.1 Å². The highest BCUT2D eigenvalue weighted by molar-refractivity contribution is 5.92. The first-order valence-corrected chi connectivity index (χ1v) is 7.62. The van der Waals surface area contributed by atoms with E-state index in [-0.39, 0.29) is 12.3 Å². The zero-order chi connectivity index (χ0) is 16.2. The van der Waals surface area contributed by atoms with Crippen LogP contribution in [-0.2, 0) is 17.6 Å². The predicted molar refractivity (Wildman–Crippen MR) is 83.6 cm³/mol. The number of carbonyl (C=O) groups excluding carboxylic acids is 1. The molecule has 0 unspecified atom stereocenters. The molecule has 120 valence electrons. The van der Waals surface area contributed by atoms with Crippen molar-refractivity contribution in [3.63, 3.8) is 0 Å². The van der Waals surface area contributed by atoms with Crippen molar-refractivity contribution >= 4 is 11.6 Å². The van der Waals surface area contributed by atoms with E-state index >= 15 is 0 Å². The summed E-state index contributed by atoms with van der Waals surface area (Å²) in [6, 6.07) is 8.84. The van der Waals surface area contributed by atoms with E-state index in [0.717, 1.165) is 37.0 Å². The molecule has 0 atom stereocenters. The molecular weight excluding hydrogens is 300 g/mol. The van der Waals surface area contributed by atoms with Crippen LogP contribution in [0.4, 0.5) is 14.5 Å². The second kappa shape index (κ2) is 6.77. The van der Waals surface area contributed by atoms with Gasteiger partial charge >= 0.3 is 0 Å². The predicted octanol–water partition coefficient (Wildman–Crippen LogP) is 3.86. The molecule has 0 radical (unpaired) electrons. The van der Waals surface area contributed by atoms with E-state index in [1.807, 2.05) is 12.1 Å². The van der Waals surface area contributed by atoms with Gasteiger partial charge in [-0.15, -0.1) is 0 Å². The van der Waals surface area contributed by atoms with Crippen molar-refractivity contribution in [2.24, 2.45) is 0 Å². The lowest BCUT2D eigenvalue weighted by Crippen LogP contribution is -2.21. The smallest absolute Gasteiger partial charge is 0.262 e. The Morgan fingerprint density at radius 1 is 1.13 bits per heavy atom. The Kier molecular flexibility index (Phi) is 4.55. The lowest BCUT2D eigenvalue weighted by atomic mass is 9.91. The van der Waals surface area contributed by atoms with E-state index in [1.54, 1.807) is 0 Å². The fraction of sp³-hybridized carbons (Fsp3) is 0.278. The molecule has 0 aromatic heterocycles. The lowest BCUT2D eigenvalue weighted by Gasteiger charge is -2.19. The van der Waals surface area contributed by atoms with Gasteiger partial charge in [-0.1, -0.05) is 12.1 Å². The average molecular weight is 317 g/mol. The minimum absolute atomic E-state index is 0.0601. The monoisotopic (exact) mass is 317 g/mol. The van der Waals surface area contributed by atoms with Crippen LogP contribution < -0.4 is 10.1 Å². The van der Waals surface area contributed by atoms with Gasteiger partial charge in [0.15, 0.2) is 6.61 Å². The first-order valence-electron chi connectivity index (χ1n) is 7.62. The van der Waals surface area contributed by atoms with E-state index in [2.05, 4.69) is 11.4 Å². The van der Waals surface area contributed by atoms with Crippen LogP contribution in [0, 0.1) is 11.6 Å². The highest BCUT2D eigenvalue weighted by Crippen LogP contribution is 2.29. The van der Waals surface area contributed by atoms with Gasteiger partial charge in [0, 0.05) is 6.07 Å². The van der Waals surface area contributed by atoms with Crippen molar-refractivity contribution in [2.75, 3.05) is 11.9 Å². The molecular formula is C18H17F2NO2. The molecule has 1 aliphatic carbocycles. The molecule has 23 heavy (non-hydrogen) atoms. The van der Waals surface area contributed by atoms with E-state index in [9.17, 15) is 13.6 Å².